The number of para-hydroxylation sites is 4. The highest BCUT2D eigenvalue weighted by atomic mass is 15.2. The first kappa shape index (κ1) is 44.3. The Morgan fingerprint density at radius 1 is 0.270 bits per heavy atom. The Labute approximate surface area is 436 Å². The molecule has 10 aromatic rings. The van der Waals surface area contributed by atoms with Crippen molar-refractivity contribution in [3.63, 3.8) is 0 Å². The summed E-state index contributed by atoms with van der Waals surface area (Å²) in [6.45, 7) is 14.2. The molecule has 2 aliphatic carbocycles. The van der Waals surface area contributed by atoms with E-state index in [2.05, 4.69) is 294 Å². The van der Waals surface area contributed by atoms with Crippen molar-refractivity contribution < 1.29 is 0 Å². The molecule has 0 amide bonds. The van der Waals surface area contributed by atoms with Crippen LogP contribution in [0.3, 0.4) is 0 Å². The molecule has 0 bridgehead atoms. The second-order valence-corrected chi connectivity index (χ2v) is 22.5. The van der Waals surface area contributed by atoms with Crippen LogP contribution < -0.4 is 9.80 Å². The lowest BCUT2D eigenvalue weighted by Gasteiger charge is -2.42. The van der Waals surface area contributed by atoms with Crippen molar-refractivity contribution in [1.82, 2.24) is 0 Å². The number of anilines is 6. The number of fused-ring (bicyclic) bond motifs is 10. The van der Waals surface area contributed by atoms with Gasteiger partial charge in [0.05, 0.1) is 28.2 Å². The molecule has 2 heterocycles. The molecule has 0 atom stereocenters. The highest BCUT2D eigenvalue weighted by Crippen LogP contribution is 2.60. The van der Waals surface area contributed by atoms with Crippen LogP contribution in [0.5, 0.6) is 0 Å². The van der Waals surface area contributed by atoms with Gasteiger partial charge in [-0.05, 0) is 144 Å². The van der Waals surface area contributed by atoms with Gasteiger partial charge in [-0.3, -0.25) is 0 Å². The minimum absolute atomic E-state index is 0.103. The second kappa shape index (κ2) is 16.0. The molecular weight excluding hydrogens is 893 g/mol. The zero-order valence-corrected chi connectivity index (χ0v) is 43.0. The molecule has 14 rings (SSSR count). The lowest BCUT2D eigenvalue weighted by molar-refractivity contribution is 0.631. The van der Waals surface area contributed by atoms with E-state index in [-0.39, 0.29) is 16.2 Å². The maximum atomic E-state index is 2.50. The van der Waals surface area contributed by atoms with Crippen LogP contribution in [-0.4, -0.2) is 0 Å². The van der Waals surface area contributed by atoms with E-state index in [0.29, 0.717) is 0 Å². The van der Waals surface area contributed by atoms with Gasteiger partial charge in [0.2, 0.25) is 0 Å². The monoisotopic (exact) mass is 950 g/mol. The standard InChI is InChI=1S/C72H58N2/c1-69(2)57-25-13-17-29-65(57)73(66-30-18-14-26-58(66)69)51-37-41-54-53-39-35-47(43-61(53)71(5,6)62(54)45-51)33-34-48-36-40-55-56-42-38-52(74-67-31-19-15-27-59(67)70(3,4)60-28-16-20-32-68(60)74)46-64(56)72(63(55)44-48,49-21-9-7-10-22-49)50-23-11-8-12-24-50/h7-46H,1-6H3. The summed E-state index contributed by atoms with van der Waals surface area (Å²) < 4.78 is 0. The van der Waals surface area contributed by atoms with Crippen LogP contribution in [-0.2, 0) is 21.7 Å². The summed E-state index contributed by atoms with van der Waals surface area (Å²) in [5.74, 6) is 0. The maximum Gasteiger partial charge on any atom is 0.0714 e. The Kier molecular flexibility index (Phi) is 9.58. The summed E-state index contributed by atoms with van der Waals surface area (Å²) in [5.41, 5.74) is 27.0. The largest absolute Gasteiger partial charge is 0.310 e. The van der Waals surface area contributed by atoms with E-state index in [1.807, 2.05) is 0 Å². The van der Waals surface area contributed by atoms with Crippen LogP contribution >= 0.6 is 0 Å². The van der Waals surface area contributed by atoms with Crippen LogP contribution in [0.2, 0.25) is 0 Å². The predicted octanol–water partition coefficient (Wildman–Crippen LogP) is 18.7. The molecule has 0 radical (unpaired) electrons. The van der Waals surface area contributed by atoms with Gasteiger partial charge in [0, 0.05) is 27.6 Å². The minimum Gasteiger partial charge on any atom is -0.310 e. The van der Waals surface area contributed by atoms with E-state index >= 15 is 0 Å². The molecule has 0 spiro atoms. The van der Waals surface area contributed by atoms with Gasteiger partial charge in [-0.25, -0.2) is 0 Å². The van der Waals surface area contributed by atoms with Crippen LogP contribution in [0.25, 0.3) is 34.4 Å². The van der Waals surface area contributed by atoms with Crippen LogP contribution in [0.1, 0.15) is 108 Å². The fourth-order valence-electron chi connectivity index (χ4n) is 13.8. The molecule has 0 aromatic heterocycles. The van der Waals surface area contributed by atoms with E-state index in [4.69, 9.17) is 0 Å². The molecule has 0 fully saturated rings. The van der Waals surface area contributed by atoms with Gasteiger partial charge in [-0.15, -0.1) is 0 Å². The predicted molar refractivity (Wildman–Crippen MR) is 310 cm³/mol. The molecule has 2 nitrogen and oxygen atoms in total. The van der Waals surface area contributed by atoms with Crippen molar-refractivity contribution in [2.45, 2.75) is 63.2 Å². The van der Waals surface area contributed by atoms with E-state index in [1.165, 1.54) is 117 Å². The van der Waals surface area contributed by atoms with Crippen LogP contribution in [0.4, 0.5) is 34.1 Å². The lowest BCUT2D eigenvalue weighted by atomic mass is 9.67. The average Bonchev–Trinajstić information content (AvgIpc) is 3.85. The Balaban J connectivity index is 0.857. The first-order chi connectivity index (χ1) is 36.0. The molecule has 74 heavy (non-hydrogen) atoms. The minimum atomic E-state index is -0.572. The summed E-state index contributed by atoms with van der Waals surface area (Å²) in [6, 6.07) is 86.8. The van der Waals surface area contributed by atoms with Crippen molar-refractivity contribution in [3.05, 3.63) is 297 Å². The van der Waals surface area contributed by atoms with Gasteiger partial charge in [-0.1, -0.05) is 230 Å². The van der Waals surface area contributed by atoms with Gasteiger partial charge in [-0.2, -0.15) is 0 Å². The van der Waals surface area contributed by atoms with Gasteiger partial charge < -0.3 is 9.80 Å². The van der Waals surface area contributed by atoms with Crippen molar-refractivity contribution in [2.75, 3.05) is 9.80 Å². The zero-order chi connectivity index (χ0) is 50.1. The van der Waals surface area contributed by atoms with Crippen LogP contribution in [0, 0.1) is 0 Å². The van der Waals surface area contributed by atoms with Gasteiger partial charge in [0.25, 0.3) is 0 Å². The maximum absolute atomic E-state index is 2.50. The normalized spacial score (nSPS) is 16.3. The van der Waals surface area contributed by atoms with E-state index in [1.54, 1.807) is 0 Å². The number of benzene rings is 10. The molecule has 2 heteroatoms. The fourth-order valence-corrected chi connectivity index (χ4v) is 13.8. The summed E-state index contributed by atoms with van der Waals surface area (Å²) in [6.07, 6.45) is 4.63. The quantitative estimate of drug-likeness (QED) is 0.153. The SMILES string of the molecule is CC1(C)c2cc(C=Cc3ccc4c(c3)C(c3ccccc3)(c3ccccc3)c3cc(N5c6ccccc6C(C)(C)c6ccccc65)ccc3-4)ccc2-c2ccc(N3c4ccccc4C(C)(C)c4ccccc43)cc21. The molecule has 10 aromatic carbocycles. The molecule has 2 aliphatic heterocycles. The Morgan fingerprint density at radius 2 is 0.568 bits per heavy atom. The summed E-state index contributed by atoms with van der Waals surface area (Å²) in [5, 5.41) is 0. The first-order valence-electron chi connectivity index (χ1n) is 26.3. The fraction of sp³-hybridized carbons (Fsp3) is 0.139. The van der Waals surface area contributed by atoms with Gasteiger partial charge in [0.1, 0.15) is 0 Å². The van der Waals surface area contributed by atoms with Crippen molar-refractivity contribution >= 4 is 46.3 Å². The smallest absolute Gasteiger partial charge is 0.0714 e. The lowest BCUT2D eigenvalue weighted by Crippen LogP contribution is -2.31. The number of nitrogens with zero attached hydrogens (tertiary/aromatic N) is 2. The Hall–Kier alpha value is -8.46. The van der Waals surface area contributed by atoms with E-state index in [9.17, 15) is 0 Å². The second-order valence-electron chi connectivity index (χ2n) is 22.5. The Morgan fingerprint density at radius 3 is 0.986 bits per heavy atom. The third kappa shape index (κ3) is 6.18. The highest BCUT2D eigenvalue weighted by molar-refractivity contribution is 5.94. The summed E-state index contributed by atoms with van der Waals surface area (Å²) in [4.78, 5) is 4.98. The molecular formula is C72H58N2. The van der Waals surface area contributed by atoms with Crippen LogP contribution in [0.15, 0.2) is 231 Å². The van der Waals surface area contributed by atoms with Gasteiger partial charge >= 0.3 is 0 Å². The number of rotatable bonds is 6. The number of hydrogen-bond acceptors (Lipinski definition) is 2. The average molecular weight is 951 g/mol. The molecule has 0 N–H and O–H groups in total. The van der Waals surface area contributed by atoms with Crippen molar-refractivity contribution in [2.24, 2.45) is 0 Å². The molecule has 4 aliphatic rings. The third-order valence-corrected chi connectivity index (χ3v) is 17.5. The molecule has 0 saturated carbocycles. The summed E-state index contributed by atoms with van der Waals surface area (Å²) >= 11 is 0. The highest BCUT2D eigenvalue weighted by Gasteiger charge is 2.47. The third-order valence-electron chi connectivity index (χ3n) is 17.5. The first-order valence-corrected chi connectivity index (χ1v) is 26.3. The Bertz CT molecular complexity index is 3810. The number of hydrogen-bond donors (Lipinski definition) is 0. The molecule has 0 saturated heterocycles. The van der Waals surface area contributed by atoms with E-state index < -0.39 is 5.41 Å². The molecule has 0 unspecified atom stereocenters. The van der Waals surface area contributed by atoms with E-state index in [0.717, 1.165) is 5.69 Å². The summed E-state index contributed by atoms with van der Waals surface area (Å²) in [7, 11) is 0. The molecule has 356 valence electrons. The topological polar surface area (TPSA) is 6.48 Å². The van der Waals surface area contributed by atoms with Crippen molar-refractivity contribution in [1.29, 1.82) is 0 Å². The zero-order valence-electron chi connectivity index (χ0n) is 43.0. The van der Waals surface area contributed by atoms with Gasteiger partial charge in [0.15, 0.2) is 0 Å². The van der Waals surface area contributed by atoms with Crippen molar-refractivity contribution in [3.8, 4) is 22.3 Å².